The normalized spacial score (nSPS) is 12.5. The van der Waals surface area contributed by atoms with Gasteiger partial charge < -0.3 is 9.94 Å². The number of ether oxygens (including phenoxy) is 1. The van der Waals surface area contributed by atoms with Gasteiger partial charge in [-0.25, -0.2) is 9.07 Å². The van der Waals surface area contributed by atoms with E-state index in [1.54, 1.807) is 0 Å². The second-order valence-corrected chi connectivity index (χ2v) is 8.67. The van der Waals surface area contributed by atoms with Gasteiger partial charge in [-0.1, -0.05) is 11.6 Å². The van der Waals surface area contributed by atoms with Crippen LogP contribution < -0.4 is 4.73 Å². The Bertz CT molecular complexity index is 1610. The zero-order valence-corrected chi connectivity index (χ0v) is 20.8. The Morgan fingerprint density at radius 2 is 1.88 bits per heavy atom. The summed E-state index contributed by atoms with van der Waals surface area (Å²) in [5.41, 5.74) is 0.599. The Morgan fingerprint density at radius 1 is 1.05 bits per heavy atom. The lowest BCUT2D eigenvalue weighted by Crippen LogP contribution is -2.36. The Balaban J connectivity index is 1.54. The first-order valence-corrected chi connectivity index (χ1v) is 11.8. The van der Waals surface area contributed by atoms with Crippen molar-refractivity contribution in [2.45, 2.75) is 25.6 Å². The number of rotatable bonds is 10. The highest BCUT2D eigenvalue weighted by molar-refractivity contribution is 6.31. The number of hydrogen-bond acceptors (Lipinski definition) is 7. The average Bonchev–Trinajstić information content (AvgIpc) is 3.70. The van der Waals surface area contributed by atoms with Crippen molar-refractivity contribution in [3.05, 3.63) is 83.2 Å². The van der Waals surface area contributed by atoms with E-state index in [1.807, 2.05) is 0 Å². The van der Waals surface area contributed by atoms with Gasteiger partial charge in [0.1, 0.15) is 12.4 Å². The third-order valence-corrected chi connectivity index (χ3v) is 6.24. The van der Waals surface area contributed by atoms with Crippen molar-refractivity contribution in [2.75, 3.05) is 6.61 Å². The summed E-state index contributed by atoms with van der Waals surface area (Å²) in [6.07, 6.45) is 6.02. The number of tetrazole rings is 1. The molecule has 0 radical (unpaired) electrons. The van der Waals surface area contributed by atoms with E-state index in [-0.39, 0.29) is 45.2 Å². The molecule has 0 saturated heterocycles. The number of nitrogens with zero attached hydrogens (tertiary/aromatic N) is 9. The van der Waals surface area contributed by atoms with Crippen molar-refractivity contribution in [3.63, 3.8) is 0 Å². The Morgan fingerprint density at radius 3 is 2.58 bits per heavy atom. The van der Waals surface area contributed by atoms with E-state index in [4.69, 9.17) is 11.6 Å². The van der Waals surface area contributed by atoms with Gasteiger partial charge in [0.05, 0.1) is 40.3 Å². The van der Waals surface area contributed by atoms with Gasteiger partial charge in [-0.2, -0.15) is 37.2 Å². The number of pyridine rings is 1. The predicted molar refractivity (Wildman–Crippen MR) is 128 cm³/mol. The molecule has 0 amide bonds. The van der Waals surface area contributed by atoms with Gasteiger partial charge in [0, 0.05) is 30.4 Å². The van der Waals surface area contributed by atoms with Crippen LogP contribution in [-0.4, -0.2) is 53.0 Å². The summed E-state index contributed by atoms with van der Waals surface area (Å²) >= 11 is 6.00. The van der Waals surface area contributed by atoms with Crippen LogP contribution in [0.1, 0.15) is 24.7 Å². The van der Waals surface area contributed by atoms with E-state index < -0.39 is 31.6 Å². The highest BCUT2D eigenvalue weighted by atomic mass is 35.5. The van der Waals surface area contributed by atoms with Crippen molar-refractivity contribution in [1.29, 1.82) is 0 Å². The fourth-order valence-electron chi connectivity index (χ4n) is 4.20. The molecule has 4 heterocycles. The minimum absolute atomic E-state index is 0.0324. The largest absolute Gasteiger partial charge is 0.618 e. The van der Waals surface area contributed by atoms with Crippen LogP contribution in [0.5, 0.6) is 0 Å². The SMILES string of the molecule is [O-][n+]1cc(-c2c(-n3cnnn3)ccc(Cl)c2F)ccc1[C@H](CCOC(F)F)n1cc(-c2ccnn2C(F)F)cn1. The van der Waals surface area contributed by atoms with Crippen molar-refractivity contribution in [3.8, 4) is 28.1 Å². The first kappa shape index (κ1) is 27.1. The number of aromatic nitrogens is 9. The van der Waals surface area contributed by atoms with Crippen molar-refractivity contribution in [1.82, 2.24) is 39.8 Å². The van der Waals surface area contributed by atoms with Crippen LogP contribution >= 0.6 is 11.6 Å². The highest BCUT2D eigenvalue weighted by Crippen LogP contribution is 2.34. The van der Waals surface area contributed by atoms with E-state index in [9.17, 15) is 22.8 Å². The van der Waals surface area contributed by atoms with Gasteiger partial charge in [0.15, 0.2) is 12.0 Å². The van der Waals surface area contributed by atoms with Gasteiger partial charge in [-0.3, -0.25) is 4.68 Å². The Labute approximate surface area is 226 Å². The third kappa shape index (κ3) is 5.35. The third-order valence-electron chi connectivity index (χ3n) is 5.95. The van der Waals surface area contributed by atoms with E-state index >= 15 is 4.39 Å². The number of halogens is 6. The second kappa shape index (κ2) is 11.4. The molecule has 17 heteroatoms. The number of benzene rings is 1. The van der Waals surface area contributed by atoms with Crippen LogP contribution in [0.3, 0.4) is 0 Å². The summed E-state index contributed by atoms with van der Waals surface area (Å²) < 4.78 is 74.9. The minimum atomic E-state index is -3.05. The summed E-state index contributed by atoms with van der Waals surface area (Å²) in [4.78, 5) is 0. The molecule has 0 bridgehead atoms. The minimum Gasteiger partial charge on any atom is -0.618 e. The van der Waals surface area contributed by atoms with E-state index in [1.165, 1.54) is 64.6 Å². The molecule has 0 aliphatic heterocycles. The average molecular weight is 582 g/mol. The van der Waals surface area contributed by atoms with E-state index in [0.29, 0.717) is 9.41 Å². The van der Waals surface area contributed by atoms with Crippen LogP contribution in [-0.2, 0) is 4.74 Å². The van der Waals surface area contributed by atoms with Crippen LogP contribution in [0, 0.1) is 11.0 Å². The van der Waals surface area contributed by atoms with E-state index in [2.05, 4.69) is 30.5 Å². The maximum Gasteiger partial charge on any atom is 0.345 e. The molecule has 4 aromatic heterocycles. The summed E-state index contributed by atoms with van der Waals surface area (Å²) in [5.74, 6) is -0.823. The van der Waals surface area contributed by atoms with Crippen LogP contribution in [0.2, 0.25) is 5.02 Å². The summed E-state index contributed by atoms with van der Waals surface area (Å²) in [6.45, 7) is -6.42. The van der Waals surface area contributed by atoms with Crippen LogP contribution in [0.15, 0.2) is 61.4 Å². The molecule has 5 aromatic rings. The van der Waals surface area contributed by atoms with E-state index in [0.717, 1.165) is 6.20 Å². The molecule has 5 rings (SSSR count). The quantitative estimate of drug-likeness (QED) is 0.136. The molecule has 0 fully saturated rings. The number of hydrogen-bond donors (Lipinski definition) is 0. The van der Waals surface area contributed by atoms with Gasteiger partial charge in [0.25, 0.3) is 0 Å². The summed E-state index contributed by atoms with van der Waals surface area (Å²) in [6, 6.07) is 5.97. The first-order chi connectivity index (χ1) is 19.2. The van der Waals surface area contributed by atoms with Gasteiger partial charge >= 0.3 is 13.2 Å². The lowest BCUT2D eigenvalue weighted by atomic mass is 10.0. The Kier molecular flexibility index (Phi) is 7.70. The van der Waals surface area contributed by atoms with Crippen LogP contribution in [0.4, 0.5) is 22.0 Å². The lowest BCUT2D eigenvalue weighted by molar-refractivity contribution is -0.615. The van der Waals surface area contributed by atoms with Crippen molar-refractivity contribution < 1.29 is 31.4 Å². The maximum absolute atomic E-state index is 15.2. The second-order valence-electron chi connectivity index (χ2n) is 8.26. The smallest absolute Gasteiger partial charge is 0.345 e. The monoisotopic (exact) mass is 581 g/mol. The zero-order chi connectivity index (χ0) is 28.4. The van der Waals surface area contributed by atoms with Gasteiger partial charge in [-0.05, 0) is 34.7 Å². The Hall–Kier alpha value is -4.44. The molecule has 40 heavy (non-hydrogen) atoms. The molecule has 0 aliphatic carbocycles. The number of alkyl halides is 4. The zero-order valence-electron chi connectivity index (χ0n) is 20.0. The lowest BCUT2D eigenvalue weighted by Gasteiger charge is -2.18. The van der Waals surface area contributed by atoms with Crippen LogP contribution in [0.25, 0.3) is 28.1 Å². The first-order valence-electron chi connectivity index (χ1n) is 11.5. The fourth-order valence-corrected chi connectivity index (χ4v) is 4.36. The molecule has 0 spiro atoms. The molecule has 208 valence electrons. The molecular weight excluding hydrogens is 565 g/mol. The molecule has 1 atom stereocenters. The van der Waals surface area contributed by atoms with Gasteiger partial charge in [-0.15, -0.1) is 5.10 Å². The molecule has 0 N–H and O–H groups in total. The summed E-state index contributed by atoms with van der Waals surface area (Å²) in [5, 5.41) is 31.7. The molecular formula is C23H17ClF5N9O2. The fraction of sp³-hybridized carbons (Fsp3) is 0.217. The molecule has 0 aliphatic rings. The highest BCUT2D eigenvalue weighted by Gasteiger charge is 2.27. The van der Waals surface area contributed by atoms with Crippen molar-refractivity contribution >= 4 is 11.6 Å². The van der Waals surface area contributed by atoms with Gasteiger partial charge in [0.2, 0.25) is 5.69 Å². The maximum atomic E-state index is 15.2. The standard InChI is InChI=1S/C23H17ClF5N9O2/c24-15-2-4-19(36-12-30-33-34-36)20(21(15)25)13-1-3-18(37(39)11-13)17(6-8-40-23(28)29)35-10-14(9-32-35)16-5-7-31-38(16)22(26)27/h1-5,7,9-12,17,22-23H,6,8H2/t17-/m0/s1. The summed E-state index contributed by atoms with van der Waals surface area (Å²) in [7, 11) is 0. The molecule has 1 aromatic carbocycles. The topological polar surface area (TPSA) is 115 Å². The predicted octanol–water partition coefficient (Wildman–Crippen LogP) is 4.43. The van der Waals surface area contributed by atoms with Crippen molar-refractivity contribution in [2.24, 2.45) is 0 Å². The molecule has 0 unspecified atom stereocenters. The molecule has 11 nitrogen and oxygen atoms in total. The molecule has 0 saturated carbocycles.